The SMILES string of the molecule is CCC(=O)CCCCCC(NC(=O)Cc1c(C)[nH]c2ccc(OC)cc12)c1ncc(-c2cccc(-n3nc(C)cc3C)c2)[nH]1.O=C(O)C(F)(F)F. The van der Waals surface area contributed by atoms with Gasteiger partial charge in [-0.1, -0.05) is 31.9 Å². The highest BCUT2D eigenvalue weighted by atomic mass is 19.4. The Morgan fingerprint density at radius 2 is 1.76 bits per heavy atom. The molecular formula is C37H43F3N6O5. The molecule has 0 aliphatic carbocycles. The number of hydrogen-bond acceptors (Lipinski definition) is 6. The number of carboxylic acid groups (broad SMARTS) is 1. The van der Waals surface area contributed by atoms with E-state index in [9.17, 15) is 22.8 Å². The Kier molecular flexibility index (Phi) is 12.8. The minimum atomic E-state index is -5.08. The van der Waals surface area contributed by atoms with Crippen LogP contribution in [-0.2, 0) is 20.8 Å². The Bertz CT molecular complexity index is 1980. The van der Waals surface area contributed by atoms with Crippen molar-refractivity contribution in [1.29, 1.82) is 0 Å². The fraction of sp³-hybridized carbons (Fsp3) is 0.378. The maximum absolute atomic E-state index is 13.5. The summed E-state index contributed by atoms with van der Waals surface area (Å²) in [5.74, 6) is -1.08. The molecular weight excluding hydrogens is 665 g/mol. The number of ether oxygens (including phenoxy) is 1. The van der Waals surface area contributed by atoms with Crippen LogP contribution < -0.4 is 10.1 Å². The van der Waals surface area contributed by atoms with Crippen molar-refractivity contribution in [3.05, 3.63) is 83.2 Å². The molecule has 0 aliphatic heterocycles. The third-order valence-corrected chi connectivity index (χ3v) is 8.42. The van der Waals surface area contributed by atoms with E-state index in [1.165, 1.54) is 0 Å². The van der Waals surface area contributed by atoms with Gasteiger partial charge in [0.1, 0.15) is 17.4 Å². The molecule has 3 heterocycles. The minimum Gasteiger partial charge on any atom is -0.497 e. The first kappa shape index (κ1) is 38.4. The van der Waals surface area contributed by atoms with Crippen molar-refractivity contribution < 1.29 is 37.4 Å². The number of halogens is 3. The van der Waals surface area contributed by atoms with Crippen LogP contribution in [0.15, 0.2) is 54.7 Å². The van der Waals surface area contributed by atoms with Gasteiger partial charge in [-0.25, -0.2) is 14.5 Å². The molecule has 1 unspecified atom stereocenters. The van der Waals surface area contributed by atoms with Gasteiger partial charge in [-0.3, -0.25) is 9.59 Å². The molecule has 14 heteroatoms. The number of amides is 1. The van der Waals surface area contributed by atoms with Crippen molar-refractivity contribution >= 4 is 28.6 Å². The Morgan fingerprint density at radius 1 is 1.02 bits per heavy atom. The van der Waals surface area contributed by atoms with E-state index in [4.69, 9.17) is 19.6 Å². The number of carbonyl (C=O) groups excluding carboxylic acids is 2. The van der Waals surface area contributed by atoms with Crippen LogP contribution in [0.1, 0.15) is 80.0 Å². The van der Waals surface area contributed by atoms with Crippen LogP contribution in [-0.4, -0.2) is 60.8 Å². The number of aromatic amines is 2. The highest BCUT2D eigenvalue weighted by Gasteiger charge is 2.38. The van der Waals surface area contributed by atoms with Crippen molar-refractivity contribution in [1.82, 2.24) is 30.0 Å². The van der Waals surface area contributed by atoms with Gasteiger partial charge in [-0.05, 0) is 75.6 Å². The van der Waals surface area contributed by atoms with Crippen LogP contribution in [0.5, 0.6) is 5.75 Å². The zero-order valence-corrected chi connectivity index (χ0v) is 29.3. The van der Waals surface area contributed by atoms with Crippen LogP contribution in [0.4, 0.5) is 13.2 Å². The maximum Gasteiger partial charge on any atom is 0.490 e. The molecule has 11 nitrogen and oxygen atoms in total. The number of ketones is 1. The number of aromatic nitrogens is 5. The maximum atomic E-state index is 13.5. The number of imidazole rings is 1. The lowest BCUT2D eigenvalue weighted by molar-refractivity contribution is -0.192. The zero-order valence-electron chi connectivity index (χ0n) is 29.3. The van der Waals surface area contributed by atoms with Crippen molar-refractivity contribution in [2.45, 2.75) is 84.9 Å². The molecule has 0 fully saturated rings. The second-order valence-electron chi connectivity index (χ2n) is 12.3. The lowest BCUT2D eigenvalue weighted by atomic mass is 10.0. The van der Waals surface area contributed by atoms with Gasteiger partial charge in [0, 0.05) is 40.7 Å². The number of nitrogens with one attached hydrogen (secondary N) is 3. The normalized spacial score (nSPS) is 11.9. The number of H-pyrrole nitrogens is 2. The van der Waals surface area contributed by atoms with Crippen LogP contribution in [0.25, 0.3) is 27.8 Å². The number of carbonyl (C=O) groups is 3. The lowest BCUT2D eigenvalue weighted by Crippen LogP contribution is -2.30. The first-order valence-electron chi connectivity index (χ1n) is 16.7. The number of alkyl halides is 3. The molecule has 51 heavy (non-hydrogen) atoms. The van der Waals surface area contributed by atoms with Gasteiger partial charge in [0.15, 0.2) is 0 Å². The molecule has 2 aromatic carbocycles. The summed E-state index contributed by atoms with van der Waals surface area (Å²) in [5, 5.41) is 16.0. The number of rotatable bonds is 14. The first-order valence-corrected chi connectivity index (χ1v) is 16.7. The Labute approximate surface area is 293 Å². The molecule has 0 bridgehead atoms. The predicted molar refractivity (Wildman–Crippen MR) is 187 cm³/mol. The van der Waals surface area contributed by atoms with Gasteiger partial charge >= 0.3 is 12.1 Å². The minimum absolute atomic E-state index is 0.0764. The Balaban J connectivity index is 0.000000755. The molecule has 1 amide bonds. The number of carboxylic acids is 1. The largest absolute Gasteiger partial charge is 0.497 e. The quantitative estimate of drug-likeness (QED) is 0.0865. The van der Waals surface area contributed by atoms with Crippen LogP contribution in [0.3, 0.4) is 0 Å². The number of unbranched alkanes of at least 4 members (excludes halogenated alkanes) is 2. The summed E-state index contributed by atoms with van der Waals surface area (Å²) in [7, 11) is 1.64. The Hall–Kier alpha value is -5.40. The molecule has 0 aliphatic rings. The number of nitrogens with zero attached hydrogens (tertiary/aromatic N) is 3. The third kappa shape index (κ3) is 10.3. The van der Waals surface area contributed by atoms with E-state index in [1.54, 1.807) is 7.11 Å². The van der Waals surface area contributed by atoms with Crippen molar-refractivity contribution in [2.75, 3.05) is 7.11 Å². The lowest BCUT2D eigenvalue weighted by Gasteiger charge is -2.17. The smallest absolute Gasteiger partial charge is 0.490 e. The summed E-state index contributed by atoms with van der Waals surface area (Å²) in [4.78, 5) is 45.8. The average Bonchev–Trinajstić information content (AvgIpc) is 3.80. The van der Waals surface area contributed by atoms with Crippen molar-refractivity contribution in [3.63, 3.8) is 0 Å². The molecule has 0 spiro atoms. The fourth-order valence-electron chi connectivity index (χ4n) is 5.78. The van der Waals surface area contributed by atoms with E-state index in [0.29, 0.717) is 30.9 Å². The number of hydrogen-bond donors (Lipinski definition) is 4. The number of aryl methyl sites for hydroxylation is 3. The van der Waals surface area contributed by atoms with E-state index < -0.39 is 12.1 Å². The standard InChI is InChI=1S/C35H42N6O3.C2HF3O2/c1-6-27(42)13-8-7-9-14-32(38-34(43)20-29-24(4)37-31-16-15-28(44-5)19-30(29)31)35-36-21-33(39-35)25-11-10-12-26(18-25)41-23(3)17-22(2)40-41;3-2(4,5)1(6)7/h10-12,15-19,21,32,37H,6-9,13-14,20H2,1-5H3,(H,36,39)(H,38,43);(H,6,7). The number of benzene rings is 2. The van der Waals surface area contributed by atoms with Gasteiger partial charge in [0.05, 0.1) is 42.8 Å². The summed E-state index contributed by atoms with van der Waals surface area (Å²) in [6.45, 7) is 7.92. The summed E-state index contributed by atoms with van der Waals surface area (Å²) >= 11 is 0. The van der Waals surface area contributed by atoms with Gasteiger partial charge in [-0.2, -0.15) is 18.3 Å². The number of methoxy groups -OCH3 is 1. The van der Waals surface area contributed by atoms with Gasteiger partial charge in [0.2, 0.25) is 5.91 Å². The van der Waals surface area contributed by atoms with Crippen LogP contribution in [0, 0.1) is 20.8 Å². The number of fused-ring (bicyclic) bond motifs is 1. The highest BCUT2D eigenvalue weighted by Crippen LogP contribution is 2.28. The molecule has 0 radical (unpaired) electrons. The van der Waals surface area contributed by atoms with Gasteiger partial charge in [-0.15, -0.1) is 0 Å². The summed E-state index contributed by atoms with van der Waals surface area (Å²) in [5.41, 5.74) is 7.76. The second kappa shape index (κ2) is 17.0. The van der Waals surface area contributed by atoms with E-state index in [1.807, 2.05) is 75.0 Å². The average molecular weight is 709 g/mol. The number of aliphatic carboxylic acids is 1. The van der Waals surface area contributed by atoms with Gasteiger partial charge < -0.3 is 25.1 Å². The topological polar surface area (TPSA) is 155 Å². The first-order chi connectivity index (χ1) is 24.2. The van der Waals surface area contributed by atoms with E-state index in [2.05, 4.69) is 32.5 Å². The van der Waals surface area contributed by atoms with Crippen LogP contribution in [0.2, 0.25) is 0 Å². The summed E-state index contributed by atoms with van der Waals surface area (Å²) in [6.07, 6.45) is 1.51. The molecule has 3 aromatic heterocycles. The molecule has 5 aromatic rings. The van der Waals surface area contributed by atoms with E-state index in [-0.39, 0.29) is 18.4 Å². The summed E-state index contributed by atoms with van der Waals surface area (Å²) < 4.78 is 39.1. The molecule has 5 rings (SSSR count). The summed E-state index contributed by atoms with van der Waals surface area (Å²) in [6, 6.07) is 15.8. The predicted octanol–water partition coefficient (Wildman–Crippen LogP) is 7.64. The molecule has 0 saturated heterocycles. The third-order valence-electron chi connectivity index (χ3n) is 8.42. The highest BCUT2D eigenvalue weighted by molar-refractivity contribution is 5.91. The van der Waals surface area contributed by atoms with Crippen molar-refractivity contribution in [3.8, 4) is 22.7 Å². The van der Waals surface area contributed by atoms with Crippen molar-refractivity contribution in [2.24, 2.45) is 0 Å². The van der Waals surface area contributed by atoms with E-state index >= 15 is 0 Å². The van der Waals surface area contributed by atoms with E-state index in [0.717, 1.165) is 75.5 Å². The fourth-order valence-corrected chi connectivity index (χ4v) is 5.78. The molecule has 0 saturated carbocycles. The molecule has 272 valence electrons. The monoisotopic (exact) mass is 708 g/mol. The van der Waals surface area contributed by atoms with Gasteiger partial charge in [0.25, 0.3) is 0 Å². The zero-order chi connectivity index (χ0) is 37.3. The van der Waals surface area contributed by atoms with Crippen LogP contribution >= 0.6 is 0 Å². The molecule has 4 N–H and O–H groups in total. The Morgan fingerprint density at radius 3 is 2.41 bits per heavy atom. The molecule has 1 atom stereocenters. The number of Topliss-reactive ketones (excluding diaryl/α,β-unsaturated/α-hetero) is 1. The second-order valence-corrected chi connectivity index (χ2v) is 12.3.